The van der Waals surface area contributed by atoms with E-state index in [1.165, 1.54) is 88.2 Å². The Morgan fingerprint density at radius 1 is 0.538 bits per heavy atom. The molecule has 204 valence electrons. The number of rotatable bonds is 4. The van der Waals surface area contributed by atoms with Gasteiger partial charge in [0.25, 0.3) is 0 Å². The minimum atomic E-state index is 0. The van der Waals surface area contributed by atoms with Crippen LogP contribution in [0.3, 0.4) is 0 Å². The van der Waals surface area contributed by atoms with Crippen LogP contribution in [0.15, 0.2) is 96.1 Å². The van der Waals surface area contributed by atoms with E-state index in [1.54, 1.807) is 0 Å². The van der Waals surface area contributed by atoms with Gasteiger partial charge in [-0.25, -0.2) is 23.3 Å². The first-order valence-electron chi connectivity index (χ1n) is 15.0. The number of hydrogen-bond donors (Lipinski definition) is 0. The van der Waals surface area contributed by atoms with Gasteiger partial charge in [0.1, 0.15) is 0 Å². The number of benzene rings is 2. The molecular weight excluding hydrogens is 548 g/mol. The van der Waals surface area contributed by atoms with Gasteiger partial charge in [0.2, 0.25) is 0 Å². The van der Waals surface area contributed by atoms with Crippen molar-refractivity contribution < 1.29 is 26.2 Å². The Morgan fingerprint density at radius 2 is 0.897 bits per heavy atom. The monoisotopic (exact) mass is 594 g/mol. The van der Waals surface area contributed by atoms with Crippen LogP contribution in [0, 0.1) is 37.8 Å². The standard InChI is InChI=1S/2C12H17.2C7H7.Zr/c2*1-2-6-11(7-3-1)10-12-8-4-5-9-12;2*1-7-5-3-2-4-6-7;/h2*4,8,11H,1-3,5-7,10H2;2*2-6H,1H2;/q4*-1;+4. The Hall–Kier alpha value is -1.98. The van der Waals surface area contributed by atoms with Gasteiger partial charge in [-0.05, 0) is 11.8 Å². The van der Waals surface area contributed by atoms with E-state index in [0.29, 0.717) is 0 Å². The van der Waals surface area contributed by atoms with E-state index in [-0.39, 0.29) is 26.2 Å². The van der Waals surface area contributed by atoms with Gasteiger partial charge in [-0.2, -0.15) is 61.4 Å². The molecule has 0 amide bonds. The summed E-state index contributed by atoms with van der Waals surface area (Å²) < 4.78 is 0. The molecule has 0 aromatic heterocycles. The van der Waals surface area contributed by atoms with Gasteiger partial charge >= 0.3 is 26.2 Å². The first-order valence-corrected chi connectivity index (χ1v) is 15.0. The first-order chi connectivity index (χ1) is 18.7. The quantitative estimate of drug-likeness (QED) is 0.308. The van der Waals surface area contributed by atoms with E-state index < -0.39 is 0 Å². The molecule has 6 rings (SSSR count). The van der Waals surface area contributed by atoms with E-state index in [1.807, 2.05) is 60.7 Å². The molecule has 0 nitrogen and oxygen atoms in total. The fourth-order valence-corrected chi connectivity index (χ4v) is 5.54. The average Bonchev–Trinajstić information content (AvgIpc) is 3.67. The van der Waals surface area contributed by atoms with Crippen molar-refractivity contribution in [3.05, 3.63) is 133 Å². The molecule has 39 heavy (non-hydrogen) atoms. The molecule has 4 aliphatic rings. The summed E-state index contributed by atoms with van der Waals surface area (Å²) in [5.74, 6) is 1.95. The summed E-state index contributed by atoms with van der Waals surface area (Å²) in [6, 6.07) is 19.7. The van der Waals surface area contributed by atoms with E-state index >= 15 is 0 Å². The second-order valence-corrected chi connectivity index (χ2v) is 11.0. The maximum atomic E-state index is 3.72. The van der Waals surface area contributed by atoms with Crippen molar-refractivity contribution in [1.29, 1.82) is 0 Å². The third-order valence-electron chi connectivity index (χ3n) is 7.68. The molecule has 2 aromatic carbocycles. The summed E-state index contributed by atoms with van der Waals surface area (Å²) in [6.07, 6.45) is 35.1. The molecule has 0 atom stereocenters. The van der Waals surface area contributed by atoms with Crippen LogP contribution in [-0.4, -0.2) is 0 Å². The van der Waals surface area contributed by atoms with Crippen molar-refractivity contribution in [1.82, 2.24) is 0 Å². The maximum Gasteiger partial charge on any atom is 4.00 e. The van der Waals surface area contributed by atoms with Crippen LogP contribution in [0.25, 0.3) is 0 Å². The minimum Gasteiger partial charge on any atom is -0.269 e. The van der Waals surface area contributed by atoms with Gasteiger partial charge in [0.05, 0.1) is 0 Å². The Bertz CT molecular complexity index is 900. The molecule has 2 fully saturated rings. The molecule has 4 aliphatic carbocycles. The van der Waals surface area contributed by atoms with E-state index in [2.05, 4.69) is 50.3 Å². The predicted octanol–water partition coefficient (Wildman–Crippen LogP) is 11.0. The maximum absolute atomic E-state index is 3.72. The SMILES string of the molecule is [C-]1=C(CC2CCCCC2)C=CC1.[C-]1=C(CC2CCCCC2)C=CC1.[CH2-]c1ccccc1.[CH2-]c1ccccc1.[Zr+4]. The van der Waals surface area contributed by atoms with Crippen molar-refractivity contribution in [2.75, 3.05) is 0 Å². The Morgan fingerprint density at radius 3 is 1.15 bits per heavy atom. The molecule has 0 heterocycles. The third kappa shape index (κ3) is 15.4. The summed E-state index contributed by atoms with van der Waals surface area (Å²) in [7, 11) is 0. The van der Waals surface area contributed by atoms with Crippen molar-refractivity contribution in [3.8, 4) is 0 Å². The molecule has 0 N–H and O–H groups in total. The smallest absolute Gasteiger partial charge is 0.269 e. The summed E-state index contributed by atoms with van der Waals surface area (Å²) in [5, 5.41) is 0. The summed E-state index contributed by atoms with van der Waals surface area (Å²) in [5.41, 5.74) is 5.09. The van der Waals surface area contributed by atoms with Crippen LogP contribution >= 0.6 is 0 Å². The Labute approximate surface area is 259 Å². The Balaban J connectivity index is 0.000000187. The van der Waals surface area contributed by atoms with Gasteiger partial charge in [0.15, 0.2) is 0 Å². The fraction of sp³-hybridized carbons (Fsp3) is 0.421. The molecule has 0 saturated heterocycles. The van der Waals surface area contributed by atoms with Gasteiger partial charge in [-0.15, -0.1) is 37.1 Å². The predicted molar refractivity (Wildman–Crippen MR) is 165 cm³/mol. The number of hydrogen-bond acceptors (Lipinski definition) is 0. The molecule has 0 radical (unpaired) electrons. The van der Waals surface area contributed by atoms with Crippen LogP contribution in [0.1, 0.15) is 101 Å². The van der Waals surface area contributed by atoms with Crippen molar-refractivity contribution in [2.24, 2.45) is 11.8 Å². The second-order valence-electron chi connectivity index (χ2n) is 11.0. The molecule has 0 aliphatic heterocycles. The molecule has 2 aromatic rings. The largest absolute Gasteiger partial charge is 4.00 e. The molecule has 0 bridgehead atoms. The number of allylic oxidation sites excluding steroid dienone is 8. The van der Waals surface area contributed by atoms with Crippen LogP contribution in [0.5, 0.6) is 0 Å². The van der Waals surface area contributed by atoms with E-state index in [0.717, 1.165) is 35.8 Å². The fourth-order valence-electron chi connectivity index (χ4n) is 5.54. The van der Waals surface area contributed by atoms with Crippen molar-refractivity contribution >= 4 is 0 Å². The molecule has 2 saturated carbocycles. The molecule has 1 heteroatoms. The van der Waals surface area contributed by atoms with Crippen LogP contribution in [-0.2, 0) is 26.2 Å². The zero-order chi connectivity index (χ0) is 26.7. The van der Waals surface area contributed by atoms with Crippen molar-refractivity contribution in [2.45, 2.75) is 89.9 Å². The Kier molecular flexibility index (Phi) is 17.8. The van der Waals surface area contributed by atoms with E-state index in [4.69, 9.17) is 0 Å². The van der Waals surface area contributed by atoms with Gasteiger partial charge in [-0.1, -0.05) is 89.2 Å². The summed E-state index contributed by atoms with van der Waals surface area (Å²) >= 11 is 0. The zero-order valence-electron chi connectivity index (χ0n) is 24.1. The first kappa shape index (κ1) is 33.2. The topological polar surface area (TPSA) is 0 Å². The molecule has 0 spiro atoms. The average molecular weight is 596 g/mol. The molecular formula is C38H48Zr. The third-order valence-corrected chi connectivity index (χ3v) is 7.68. The van der Waals surface area contributed by atoms with E-state index in [9.17, 15) is 0 Å². The zero-order valence-corrected chi connectivity index (χ0v) is 26.5. The normalized spacial score (nSPS) is 18.2. The van der Waals surface area contributed by atoms with Gasteiger partial charge in [0, 0.05) is 0 Å². The minimum absolute atomic E-state index is 0. The summed E-state index contributed by atoms with van der Waals surface area (Å²) in [4.78, 5) is 0. The van der Waals surface area contributed by atoms with Crippen LogP contribution < -0.4 is 0 Å². The van der Waals surface area contributed by atoms with Crippen LogP contribution in [0.2, 0.25) is 0 Å². The summed E-state index contributed by atoms with van der Waals surface area (Å²) in [6.45, 7) is 7.44. The second kappa shape index (κ2) is 20.9. The van der Waals surface area contributed by atoms with Crippen LogP contribution in [0.4, 0.5) is 0 Å². The van der Waals surface area contributed by atoms with Gasteiger partial charge < -0.3 is 0 Å². The molecule has 0 unspecified atom stereocenters. The van der Waals surface area contributed by atoms with Crippen molar-refractivity contribution in [3.63, 3.8) is 0 Å². The van der Waals surface area contributed by atoms with Gasteiger partial charge in [-0.3, -0.25) is 12.2 Å².